The Morgan fingerprint density at radius 2 is 1.38 bits per heavy atom. The zero-order chi connectivity index (χ0) is 34.8. The normalized spacial score (nSPS) is 13.4. The van der Waals surface area contributed by atoms with E-state index < -0.39 is 47.6 Å². The number of esters is 1. The molecule has 8 nitrogen and oxygen atoms in total. The van der Waals surface area contributed by atoms with Crippen molar-refractivity contribution in [2.45, 2.75) is 45.0 Å². The molecule has 48 heavy (non-hydrogen) atoms. The molecule has 0 aromatic heterocycles. The Hall–Kier alpha value is -5.45. The molecule has 4 rings (SSSR count). The third-order valence-corrected chi connectivity index (χ3v) is 7.67. The third-order valence-electron chi connectivity index (χ3n) is 7.67. The second-order valence-corrected chi connectivity index (χ2v) is 11.2. The number of hydrogen-bond donors (Lipinski definition) is 2. The molecule has 4 aromatic carbocycles. The molecule has 3 atom stereocenters. The Morgan fingerprint density at radius 3 is 1.98 bits per heavy atom. The van der Waals surface area contributed by atoms with Crippen LogP contribution in [0.5, 0.6) is 0 Å². The highest BCUT2D eigenvalue weighted by Gasteiger charge is 2.49. The predicted molar refractivity (Wildman–Crippen MR) is 173 cm³/mol. The van der Waals surface area contributed by atoms with Crippen LogP contribution in [0.4, 0.5) is 13.2 Å². The monoisotopic (exact) mass is 660 g/mol. The van der Waals surface area contributed by atoms with Crippen molar-refractivity contribution in [1.29, 1.82) is 0 Å². The zero-order valence-corrected chi connectivity index (χ0v) is 26.4. The highest BCUT2D eigenvalue weighted by molar-refractivity contribution is 6.06. The number of amides is 2. The van der Waals surface area contributed by atoms with Crippen molar-refractivity contribution < 1.29 is 42.2 Å². The molecule has 0 aliphatic rings. The van der Waals surface area contributed by atoms with Gasteiger partial charge in [-0.1, -0.05) is 96.6 Å². The highest BCUT2D eigenvalue weighted by Crippen LogP contribution is 2.35. The maximum absolute atomic E-state index is 16.6. The lowest BCUT2D eigenvalue weighted by Crippen LogP contribution is -2.53. The van der Waals surface area contributed by atoms with Gasteiger partial charge in [0.1, 0.15) is 0 Å². The number of alkyl halides is 3. The maximum Gasteiger partial charge on any atom is 0.305 e. The minimum Gasteiger partial charge on any atom is -0.481 e. The van der Waals surface area contributed by atoms with E-state index in [1.54, 1.807) is 24.3 Å². The van der Waals surface area contributed by atoms with E-state index in [4.69, 9.17) is 0 Å². The maximum atomic E-state index is 16.6. The molecule has 4 aromatic rings. The van der Waals surface area contributed by atoms with Crippen molar-refractivity contribution in [1.82, 2.24) is 10.2 Å². The van der Waals surface area contributed by atoms with Gasteiger partial charge in [0.05, 0.1) is 6.42 Å². The number of hydrogen-bond acceptors (Lipinski definition) is 5. The van der Waals surface area contributed by atoms with E-state index in [9.17, 15) is 28.7 Å². The van der Waals surface area contributed by atoms with E-state index in [1.807, 2.05) is 36.5 Å². The summed E-state index contributed by atoms with van der Waals surface area (Å²) in [5.74, 6) is -7.38. The summed E-state index contributed by atoms with van der Waals surface area (Å²) in [4.78, 5) is 51.9. The SMILES string of the molecule is CC(=O)OC(F)C(F)C(F)(NC(=O)c1ccccc1-c1ccccc1C(=O)N(CCC(=O)O)CCc1ccc(C)cc1)c1ccccc1. The van der Waals surface area contributed by atoms with Crippen molar-refractivity contribution in [3.63, 3.8) is 0 Å². The van der Waals surface area contributed by atoms with Crippen LogP contribution in [0.15, 0.2) is 103 Å². The average Bonchev–Trinajstić information content (AvgIpc) is 3.08. The summed E-state index contributed by atoms with van der Waals surface area (Å²) >= 11 is 0. The number of carboxylic acids is 1. The Morgan fingerprint density at radius 1 is 0.812 bits per heavy atom. The highest BCUT2D eigenvalue weighted by atomic mass is 19.2. The van der Waals surface area contributed by atoms with Gasteiger partial charge in [0.25, 0.3) is 18.2 Å². The smallest absolute Gasteiger partial charge is 0.305 e. The van der Waals surface area contributed by atoms with Crippen LogP contribution in [0.1, 0.15) is 50.8 Å². The first-order valence-electron chi connectivity index (χ1n) is 15.2. The topological polar surface area (TPSA) is 113 Å². The molecule has 0 aliphatic heterocycles. The number of benzene rings is 4. The lowest BCUT2D eigenvalue weighted by atomic mass is 9.93. The van der Waals surface area contributed by atoms with E-state index >= 15 is 8.78 Å². The standard InChI is InChI=1S/C37H35F3N2O6/c1-24-16-18-26(19-17-24)20-22-42(23-21-32(44)45)36(47)31-15-9-7-13-29(31)28-12-6-8-14-30(28)35(46)41-37(40,27-10-4-3-5-11-27)33(38)34(39)48-25(2)43/h3-19,33-34H,20-23H2,1-2H3,(H,41,46)(H,44,45). The van der Waals surface area contributed by atoms with E-state index in [-0.39, 0.29) is 41.8 Å². The Bertz CT molecular complexity index is 1750. The lowest BCUT2D eigenvalue weighted by Gasteiger charge is -2.31. The summed E-state index contributed by atoms with van der Waals surface area (Å²) in [6, 6.07) is 26.5. The fraction of sp³-hybridized carbons (Fsp3) is 0.243. The summed E-state index contributed by atoms with van der Waals surface area (Å²) < 4.78 is 50.9. The van der Waals surface area contributed by atoms with Gasteiger partial charge in [-0.05, 0) is 42.2 Å². The molecule has 0 radical (unpaired) electrons. The number of carbonyl (C=O) groups is 4. The molecule has 3 unspecified atom stereocenters. The molecule has 250 valence electrons. The van der Waals surface area contributed by atoms with Crippen molar-refractivity contribution in [3.8, 4) is 11.1 Å². The van der Waals surface area contributed by atoms with Gasteiger partial charge >= 0.3 is 11.9 Å². The number of carboxylic acid groups (broad SMARTS) is 1. The number of nitrogens with zero attached hydrogens (tertiary/aromatic N) is 1. The molecule has 11 heteroatoms. The molecule has 0 heterocycles. The van der Waals surface area contributed by atoms with E-state index in [1.165, 1.54) is 47.4 Å². The van der Waals surface area contributed by atoms with Crippen LogP contribution in [0.3, 0.4) is 0 Å². The van der Waals surface area contributed by atoms with Gasteiger partial charge in [0, 0.05) is 36.7 Å². The number of nitrogens with one attached hydrogen (secondary N) is 1. The summed E-state index contributed by atoms with van der Waals surface area (Å²) in [6.45, 7) is 2.91. The van der Waals surface area contributed by atoms with E-state index in [0.29, 0.717) is 6.42 Å². The molecule has 0 saturated heterocycles. The molecule has 0 saturated carbocycles. The van der Waals surface area contributed by atoms with Gasteiger partial charge < -0.3 is 20.1 Å². The second kappa shape index (κ2) is 15.9. The van der Waals surface area contributed by atoms with Gasteiger partial charge in [-0.2, -0.15) is 4.39 Å². The van der Waals surface area contributed by atoms with Crippen LogP contribution in [0.2, 0.25) is 0 Å². The number of halogens is 3. The van der Waals surface area contributed by atoms with Crippen LogP contribution in [-0.4, -0.2) is 59.4 Å². The van der Waals surface area contributed by atoms with Crippen molar-refractivity contribution >= 4 is 23.8 Å². The largest absolute Gasteiger partial charge is 0.481 e. The van der Waals surface area contributed by atoms with Gasteiger partial charge in [0.15, 0.2) is 0 Å². The molecule has 0 fully saturated rings. The number of rotatable bonds is 14. The van der Waals surface area contributed by atoms with Crippen LogP contribution < -0.4 is 5.32 Å². The summed E-state index contributed by atoms with van der Waals surface area (Å²) in [5, 5.41) is 11.3. The number of ether oxygens (including phenoxy) is 1. The molecule has 0 aliphatic carbocycles. The zero-order valence-electron chi connectivity index (χ0n) is 26.4. The van der Waals surface area contributed by atoms with Crippen LogP contribution in [-0.2, 0) is 26.5 Å². The molecule has 2 N–H and O–H groups in total. The summed E-state index contributed by atoms with van der Waals surface area (Å²) in [7, 11) is 0. The second-order valence-electron chi connectivity index (χ2n) is 11.2. The lowest BCUT2D eigenvalue weighted by molar-refractivity contribution is -0.173. The van der Waals surface area contributed by atoms with Gasteiger partial charge in [-0.15, -0.1) is 0 Å². The molecular formula is C37H35F3N2O6. The molecule has 0 spiro atoms. The number of carbonyl (C=O) groups excluding carboxylic acids is 3. The average molecular weight is 661 g/mol. The fourth-order valence-corrected chi connectivity index (χ4v) is 5.17. The third kappa shape index (κ3) is 8.67. The first-order chi connectivity index (χ1) is 22.9. The number of aliphatic carboxylic acids is 1. The van der Waals surface area contributed by atoms with Crippen LogP contribution in [0, 0.1) is 6.92 Å². The van der Waals surface area contributed by atoms with Crippen molar-refractivity contribution in [3.05, 3.63) is 131 Å². The summed E-state index contributed by atoms with van der Waals surface area (Å²) in [6.07, 6.45) is -6.03. The van der Waals surface area contributed by atoms with E-state index in [2.05, 4.69) is 4.74 Å². The molecule has 2 amide bonds. The van der Waals surface area contributed by atoms with Gasteiger partial charge in [-0.3, -0.25) is 19.2 Å². The van der Waals surface area contributed by atoms with Crippen LogP contribution >= 0.6 is 0 Å². The van der Waals surface area contributed by atoms with Crippen molar-refractivity contribution in [2.24, 2.45) is 0 Å². The van der Waals surface area contributed by atoms with Gasteiger partial charge in [0.2, 0.25) is 12.0 Å². The summed E-state index contributed by atoms with van der Waals surface area (Å²) in [5.41, 5.74) is 2.01. The minimum atomic E-state index is -3.47. The minimum absolute atomic E-state index is 0.0808. The number of aryl methyl sites for hydroxylation is 1. The Labute approximate surface area is 276 Å². The van der Waals surface area contributed by atoms with Gasteiger partial charge in [-0.25, -0.2) is 8.78 Å². The molecule has 0 bridgehead atoms. The first-order valence-corrected chi connectivity index (χ1v) is 15.2. The Balaban J connectivity index is 1.70. The van der Waals surface area contributed by atoms with Crippen LogP contribution in [0.25, 0.3) is 11.1 Å². The van der Waals surface area contributed by atoms with E-state index in [0.717, 1.165) is 30.2 Å². The fourth-order valence-electron chi connectivity index (χ4n) is 5.17. The molecular weight excluding hydrogens is 625 g/mol. The first kappa shape index (κ1) is 35.4. The quantitative estimate of drug-likeness (QED) is 0.117. The predicted octanol–water partition coefficient (Wildman–Crippen LogP) is 6.57. The Kier molecular flexibility index (Phi) is 11.7. The van der Waals surface area contributed by atoms with Crippen molar-refractivity contribution in [2.75, 3.05) is 13.1 Å².